The lowest BCUT2D eigenvalue weighted by Gasteiger charge is -2.34. The van der Waals surface area contributed by atoms with E-state index >= 15 is 0 Å². The first-order chi connectivity index (χ1) is 13.5. The fourth-order valence-corrected chi connectivity index (χ4v) is 4.24. The summed E-state index contributed by atoms with van der Waals surface area (Å²) >= 11 is 0. The van der Waals surface area contributed by atoms with Crippen LogP contribution in [-0.2, 0) is 9.53 Å². The summed E-state index contributed by atoms with van der Waals surface area (Å²) in [6.45, 7) is 1.62. The van der Waals surface area contributed by atoms with Gasteiger partial charge in [-0.15, -0.1) is 0 Å². The number of aromatic nitrogens is 1. The molecule has 0 spiro atoms. The van der Waals surface area contributed by atoms with E-state index in [-0.39, 0.29) is 23.8 Å². The van der Waals surface area contributed by atoms with Gasteiger partial charge in [0.2, 0.25) is 5.91 Å². The fraction of sp³-hybridized carbons (Fsp3) is 0.500. The molecule has 1 aromatic heterocycles. The van der Waals surface area contributed by atoms with Crippen molar-refractivity contribution in [1.29, 1.82) is 0 Å². The van der Waals surface area contributed by atoms with Gasteiger partial charge in [0.1, 0.15) is 6.10 Å². The fourth-order valence-electron chi connectivity index (χ4n) is 4.24. The van der Waals surface area contributed by atoms with Gasteiger partial charge < -0.3 is 14.5 Å². The molecule has 1 aromatic carbocycles. The lowest BCUT2D eigenvalue weighted by Crippen LogP contribution is -2.44. The van der Waals surface area contributed by atoms with E-state index in [4.69, 9.17) is 9.72 Å². The number of para-hydroxylation sites is 1. The highest BCUT2D eigenvalue weighted by molar-refractivity contribution is 6.06. The van der Waals surface area contributed by atoms with Crippen LogP contribution in [0.3, 0.4) is 0 Å². The molecule has 1 atom stereocenters. The van der Waals surface area contributed by atoms with E-state index < -0.39 is 0 Å². The topological polar surface area (TPSA) is 62.7 Å². The van der Waals surface area contributed by atoms with Gasteiger partial charge in [-0.1, -0.05) is 31.0 Å². The van der Waals surface area contributed by atoms with Crippen LogP contribution in [0.25, 0.3) is 10.9 Å². The molecule has 2 aliphatic rings. The van der Waals surface area contributed by atoms with Crippen molar-refractivity contribution >= 4 is 22.7 Å². The third kappa shape index (κ3) is 3.61. The predicted octanol–water partition coefficient (Wildman–Crippen LogP) is 3.03. The molecular formula is C22H27N3O3. The normalized spacial score (nSPS) is 20.5. The van der Waals surface area contributed by atoms with Crippen molar-refractivity contribution in [3.63, 3.8) is 0 Å². The Labute approximate surface area is 165 Å². The van der Waals surface area contributed by atoms with E-state index in [0.717, 1.165) is 36.6 Å². The second kappa shape index (κ2) is 7.87. The molecule has 0 unspecified atom stereocenters. The highest BCUT2D eigenvalue weighted by Crippen LogP contribution is 2.30. The second-order valence-corrected chi connectivity index (χ2v) is 7.94. The van der Waals surface area contributed by atoms with Gasteiger partial charge in [0.15, 0.2) is 0 Å². The number of carbonyl (C=O) groups is 2. The number of rotatable bonds is 3. The molecule has 2 fully saturated rings. The van der Waals surface area contributed by atoms with E-state index in [2.05, 4.69) is 0 Å². The third-order valence-corrected chi connectivity index (χ3v) is 5.79. The van der Waals surface area contributed by atoms with Crippen LogP contribution in [0.5, 0.6) is 0 Å². The number of pyridine rings is 1. The molecule has 2 amide bonds. The summed E-state index contributed by atoms with van der Waals surface area (Å²) in [4.78, 5) is 33.8. The highest BCUT2D eigenvalue weighted by Gasteiger charge is 2.32. The summed E-state index contributed by atoms with van der Waals surface area (Å²) in [5, 5.41) is 0.833. The van der Waals surface area contributed by atoms with Gasteiger partial charge in [-0.05, 0) is 25.0 Å². The maximum atomic E-state index is 12.8. The van der Waals surface area contributed by atoms with Gasteiger partial charge in [-0.25, -0.2) is 4.98 Å². The molecule has 4 rings (SSSR count). The number of carbonyl (C=O) groups excluding carboxylic acids is 2. The first-order valence-electron chi connectivity index (χ1n) is 10.1. The average molecular weight is 381 g/mol. The summed E-state index contributed by atoms with van der Waals surface area (Å²) < 4.78 is 5.97. The number of ether oxygens (including phenoxy) is 1. The number of hydrogen-bond acceptors (Lipinski definition) is 4. The largest absolute Gasteiger partial charge is 0.368 e. The number of benzene rings is 1. The van der Waals surface area contributed by atoms with Crippen LogP contribution >= 0.6 is 0 Å². The minimum absolute atomic E-state index is 0.0606. The van der Waals surface area contributed by atoms with E-state index in [9.17, 15) is 9.59 Å². The zero-order chi connectivity index (χ0) is 19.7. The predicted molar refractivity (Wildman–Crippen MR) is 107 cm³/mol. The molecule has 0 N–H and O–H groups in total. The van der Waals surface area contributed by atoms with Crippen molar-refractivity contribution in [3.8, 4) is 0 Å². The SMILES string of the molecule is CN(C)C(=O)c1cc([C@H]2CN(C(=O)C3CCCC3)CCO2)nc2ccccc12. The molecule has 1 aliphatic carbocycles. The second-order valence-electron chi connectivity index (χ2n) is 7.94. The number of nitrogens with zero attached hydrogens (tertiary/aromatic N) is 3. The number of hydrogen-bond donors (Lipinski definition) is 0. The average Bonchev–Trinajstić information content (AvgIpc) is 3.26. The first kappa shape index (κ1) is 18.9. The Balaban J connectivity index is 1.64. The molecule has 0 radical (unpaired) electrons. The minimum atomic E-state index is -0.308. The molecule has 6 heteroatoms. The number of amides is 2. The third-order valence-electron chi connectivity index (χ3n) is 5.79. The highest BCUT2D eigenvalue weighted by atomic mass is 16.5. The number of morpholine rings is 1. The molecule has 28 heavy (non-hydrogen) atoms. The molecule has 2 aromatic rings. The maximum Gasteiger partial charge on any atom is 0.254 e. The van der Waals surface area contributed by atoms with E-state index in [1.54, 1.807) is 19.0 Å². The first-order valence-corrected chi connectivity index (χ1v) is 10.1. The van der Waals surface area contributed by atoms with Gasteiger partial charge >= 0.3 is 0 Å². The molecule has 0 bridgehead atoms. The van der Waals surface area contributed by atoms with Crippen molar-refractivity contribution < 1.29 is 14.3 Å². The Morgan fingerprint density at radius 1 is 1.18 bits per heavy atom. The van der Waals surface area contributed by atoms with Crippen molar-refractivity contribution in [2.45, 2.75) is 31.8 Å². The van der Waals surface area contributed by atoms with Gasteiger partial charge in [0, 0.05) is 31.9 Å². The molecular weight excluding hydrogens is 354 g/mol. The van der Waals surface area contributed by atoms with Crippen molar-refractivity contribution in [2.24, 2.45) is 5.92 Å². The van der Waals surface area contributed by atoms with E-state index in [1.807, 2.05) is 35.2 Å². The Bertz CT molecular complexity index is 890. The van der Waals surface area contributed by atoms with E-state index in [1.165, 1.54) is 0 Å². The van der Waals surface area contributed by atoms with Gasteiger partial charge in [0.05, 0.1) is 29.9 Å². The van der Waals surface area contributed by atoms with Crippen molar-refractivity contribution in [2.75, 3.05) is 33.8 Å². The Hall–Kier alpha value is -2.47. The molecule has 1 saturated heterocycles. The lowest BCUT2D eigenvalue weighted by molar-refractivity contribution is -0.143. The summed E-state index contributed by atoms with van der Waals surface area (Å²) in [6, 6.07) is 9.49. The Morgan fingerprint density at radius 2 is 1.93 bits per heavy atom. The summed E-state index contributed by atoms with van der Waals surface area (Å²) in [6.07, 6.45) is 3.98. The number of fused-ring (bicyclic) bond motifs is 1. The van der Waals surface area contributed by atoms with Crippen molar-refractivity contribution in [3.05, 3.63) is 41.6 Å². The van der Waals surface area contributed by atoms with Gasteiger partial charge in [0.25, 0.3) is 5.91 Å². The molecule has 148 valence electrons. The standard InChI is InChI=1S/C22H27N3O3/c1-24(2)22(27)17-13-19(23-18-10-6-5-9-16(17)18)20-14-25(11-12-28-20)21(26)15-7-3-4-8-15/h5-6,9-10,13,15,20H,3-4,7-8,11-12,14H2,1-2H3/t20-/m1/s1. The Morgan fingerprint density at radius 3 is 2.68 bits per heavy atom. The van der Waals surface area contributed by atoms with Crippen LogP contribution in [0.4, 0.5) is 0 Å². The molecule has 1 saturated carbocycles. The van der Waals surface area contributed by atoms with Crippen LogP contribution in [0.15, 0.2) is 30.3 Å². The van der Waals surface area contributed by atoms with Crippen LogP contribution in [0.2, 0.25) is 0 Å². The zero-order valence-electron chi connectivity index (χ0n) is 16.6. The maximum absolute atomic E-state index is 12.8. The molecule has 1 aliphatic heterocycles. The van der Waals surface area contributed by atoms with Crippen LogP contribution in [0, 0.1) is 5.92 Å². The molecule has 2 heterocycles. The Kier molecular flexibility index (Phi) is 5.31. The van der Waals surface area contributed by atoms with E-state index in [0.29, 0.717) is 31.0 Å². The minimum Gasteiger partial charge on any atom is -0.368 e. The quantitative estimate of drug-likeness (QED) is 0.820. The lowest BCUT2D eigenvalue weighted by atomic mass is 10.0. The van der Waals surface area contributed by atoms with Crippen LogP contribution in [0.1, 0.15) is 47.8 Å². The van der Waals surface area contributed by atoms with Crippen LogP contribution < -0.4 is 0 Å². The summed E-state index contributed by atoms with van der Waals surface area (Å²) in [7, 11) is 3.49. The zero-order valence-corrected chi connectivity index (χ0v) is 16.6. The van der Waals surface area contributed by atoms with Gasteiger partial charge in [-0.3, -0.25) is 9.59 Å². The van der Waals surface area contributed by atoms with Crippen molar-refractivity contribution in [1.82, 2.24) is 14.8 Å². The molecule has 6 nitrogen and oxygen atoms in total. The van der Waals surface area contributed by atoms with Gasteiger partial charge in [-0.2, -0.15) is 0 Å². The smallest absolute Gasteiger partial charge is 0.254 e. The summed E-state index contributed by atoms with van der Waals surface area (Å²) in [5.41, 5.74) is 2.11. The summed E-state index contributed by atoms with van der Waals surface area (Å²) in [5.74, 6) is 0.347. The monoisotopic (exact) mass is 381 g/mol. The van der Waals surface area contributed by atoms with Crippen LogP contribution in [-0.4, -0.2) is 60.4 Å².